The third kappa shape index (κ3) is 0.958. The minimum Gasteiger partial charge on any atom is -0.495 e. The summed E-state index contributed by atoms with van der Waals surface area (Å²) in [6, 6.07) is 0. The summed E-state index contributed by atoms with van der Waals surface area (Å²) in [5.41, 5.74) is 0. The predicted molar refractivity (Wildman–Crippen MR) is 36.0 cm³/mol. The molecule has 0 saturated carbocycles. The molecule has 0 aliphatic carbocycles. The lowest BCUT2D eigenvalue weighted by Crippen LogP contribution is -2.01. The van der Waals surface area contributed by atoms with Gasteiger partial charge in [0.2, 0.25) is 0 Å². The molecule has 2 bridgehead atoms. The van der Waals surface area contributed by atoms with E-state index in [1.54, 1.807) is 0 Å². The van der Waals surface area contributed by atoms with Gasteiger partial charge in [-0.05, 0) is 31.8 Å². The molecule has 1 heteroatoms. The number of hydrogen-bond acceptors (Lipinski definition) is 1. The van der Waals surface area contributed by atoms with Gasteiger partial charge in [-0.15, -0.1) is 0 Å². The van der Waals surface area contributed by atoms with Crippen molar-refractivity contribution in [3.63, 3.8) is 0 Å². The van der Waals surface area contributed by atoms with Crippen molar-refractivity contribution < 1.29 is 4.74 Å². The van der Waals surface area contributed by atoms with Crippen LogP contribution in [0.3, 0.4) is 0 Å². The van der Waals surface area contributed by atoms with Gasteiger partial charge in [-0.1, -0.05) is 0 Å². The standard InChI is InChI=1S/C8H12O/c1-2-4-8-6-5-7(3-1)9-8/h3,8H,1-2,4-6H2. The Labute approximate surface area is 55.7 Å². The fraction of sp³-hybridized carbons (Fsp3) is 0.750. The maximum Gasteiger partial charge on any atom is 0.0986 e. The Hall–Kier alpha value is -0.460. The third-order valence-electron chi connectivity index (χ3n) is 2.13. The molecule has 0 aromatic carbocycles. The van der Waals surface area contributed by atoms with Crippen molar-refractivity contribution >= 4 is 0 Å². The molecule has 1 atom stereocenters. The zero-order chi connectivity index (χ0) is 6.10. The molecule has 0 amide bonds. The second kappa shape index (κ2) is 2.05. The number of hydrogen-bond donors (Lipinski definition) is 0. The van der Waals surface area contributed by atoms with Crippen LogP contribution in [-0.4, -0.2) is 6.10 Å². The first-order valence-corrected chi connectivity index (χ1v) is 3.81. The maximum absolute atomic E-state index is 5.58. The summed E-state index contributed by atoms with van der Waals surface area (Å²) in [5.74, 6) is 1.26. The van der Waals surface area contributed by atoms with Crippen molar-refractivity contribution in [1.82, 2.24) is 0 Å². The molecule has 0 aromatic rings. The van der Waals surface area contributed by atoms with Crippen LogP contribution in [-0.2, 0) is 4.74 Å². The van der Waals surface area contributed by atoms with Crippen LogP contribution >= 0.6 is 0 Å². The highest BCUT2D eigenvalue weighted by Gasteiger charge is 2.21. The largest absolute Gasteiger partial charge is 0.495 e. The quantitative estimate of drug-likeness (QED) is 0.481. The molecule has 9 heavy (non-hydrogen) atoms. The summed E-state index contributed by atoms with van der Waals surface area (Å²) in [7, 11) is 0. The van der Waals surface area contributed by atoms with E-state index in [1.165, 1.54) is 37.9 Å². The Morgan fingerprint density at radius 2 is 2.44 bits per heavy atom. The van der Waals surface area contributed by atoms with Gasteiger partial charge in [-0.25, -0.2) is 0 Å². The first kappa shape index (κ1) is 5.33. The van der Waals surface area contributed by atoms with E-state index in [-0.39, 0.29) is 0 Å². The number of ether oxygens (including phenoxy) is 1. The number of rotatable bonds is 0. The van der Waals surface area contributed by atoms with Crippen molar-refractivity contribution in [1.29, 1.82) is 0 Å². The molecule has 0 N–H and O–H groups in total. The molecule has 0 radical (unpaired) electrons. The lowest BCUT2D eigenvalue weighted by Gasteiger charge is -2.05. The van der Waals surface area contributed by atoms with Crippen molar-refractivity contribution in [2.24, 2.45) is 0 Å². The van der Waals surface area contributed by atoms with Gasteiger partial charge in [0.25, 0.3) is 0 Å². The highest BCUT2D eigenvalue weighted by Crippen LogP contribution is 2.29. The first-order valence-electron chi connectivity index (χ1n) is 3.81. The fourth-order valence-electron chi connectivity index (χ4n) is 1.60. The van der Waals surface area contributed by atoms with Gasteiger partial charge >= 0.3 is 0 Å². The van der Waals surface area contributed by atoms with Crippen LogP contribution < -0.4 is 0 Å². The van der Waals surface area contributed by atoms with E-state index < -0.39 is 0 Å². The molecule has 2 rings (SSSR count). The Balaban J connectivity index is 2.14. The molecule has 2 aliphatic heterocycles. The lowest BCUT2D eigenvalue weighted by molar-refractivity contribution is 0.156. The molecule has 2 aliphatic rings. The van der Waals surface area contributed by atoms with Gasteiger partial charge in [0.15, 0.2) is 0 Å². The zero-order valence-corrected chi connectivity index (χ0v) is 5.60. The lowest BCUT2D eigenvalue weighted by atomic mass is 10.1. The summed E-state index contributed by atoms with van der Waals surface area (Å²) in [6.45, 7) is 0. The minimum atomic E-state index is 0.582. The van der Waals surface area contributed by atoms with Crippen LogP contribution in [0.15, 0.2) is 11.8 Å². The summed E-state index contributed by atoms with van der Waals surface area (Å²) >= 11 is 0. The van der Waals surface area contributed by atoms with Gasteiger partial charge in [0.05, 0.1) is 11.9 Å². The molecule has 1 nitrogen and oxygen atoms in total. The van der Waals surface area contributed by atoms with E-state index in [2.05, 4.69) is 6.08 Å². The fourth-order valence-corrected chi connectivity index (χ4v) is 1.60. The molecule has 50 valence electrons. The predicted octanol–water partition coefficient (Wildman–Crippen LogP) is 2.23. The highest BCUT2D eigenvalue weighted by atomic mass is 16.5. The Morgan fingerprint density at radius 3 is 3.44 bits per heavy atom. The SMILES string of the molecule is C1=C2CCC(CCC1)O2. The highest BCUT2D eigenvalue weighted by molar-refractivity contribution is 5.01. The summed E-state index contributed by atoms with van der Waals surface area (Å²) in [4.78, 5) is 0. The second-order valence-corrected chi connectivity index (χ2v) is 2.88. The molecule has 1 fully saturated rings. The van der Waals surface area contributed by atoms with E-state index in [1.807, 2.05) is 0 Å². The molecule has 1 saturated heterocycles. The van der Waals surface area contributed by atoms with Crippen molar-refractivity contribution in [3.05, 3.63) is 11.8 Å². The van der Waals surface area contributed by atoms with E-state index in [4.69, 9.17) is 4.74 Å². The van der Waals surface area contributed by atoms with Crippen LogP contribution in [0.1, 0.15) is 32.1 Å². The van der Waals surface area contributed by atoms with E-state index in [0.29, 0.717) is 6.10 Å². The van der Waals surface area contributed by atoms with E-state index >= 15 is 0 Å². The van der Waals surface area contributed by atoms with Gasteiger partial charge < -0.3 is 4.74 Å². The molecular formula is C8H12O. The zero-order valence-electron chi connectivity index (χ0n) is 5.60. The molecule has 0 spiro atoms. The van der Waals surface area contributed by atoms with Crippen LogP contribution in [0.2, 0.25) is 0 Å². The van der Waals surface area contributed by atoms with Gasteiger partial charge in [-0.2, -0.15) is 0 Å². The normalized spacial score (nSPS) is 32.9. The monoisotopic (exact) mass is 124 g/mol. The Kier molecular flexibility index (Phi) is 1.22. The number of fused-ring (bicyclic) bond motifs is 2. The van der Waals surface area contributed by atoms with E-state index in [9.17, 15) is 0 Å². The average molecular weight is 124 g/mol. The third-order valence-corrected chi connectivity index (χ3v) is 2.13. The molecule has 0 aromatic heterocycles. The van der Waals surface area contributed by atoms with Crippen molar-refractivity contribution in [2.75, 3.05) is 0 Å². The van der Waals surface area contributed by atoms with Crippen molar-refractivity contribution in [2.45, 2.75) is 38.2 Å². The molecule has 1 unspecified atom stereocenters. The van der Waals surface area contributed by atoms with Gasteiger partial charge in [0.1, 0.15) is 0 Å². The van der Waals surface area contributed by atoms with Gasteiger partial charge in [0, 0.05) is 6.42 Å². The average Bonchev–Trinajstić information content (AvgIpc) is 2.09. The topological polar surface area (TPSA) is 9.23 Å². The number of allylic oxidation sites excluding steroid dienone is 2. The molecular weight excluding hydrogens is 112 g/mol. The smallest absolute Gasteiger partial charge is 0.0986 e. The van der Waals surface area contributed by atoms with Crippen LogP contribution in [0.5, 0.6) is 0 Å². The molecule has 2 heterocycles. The van der Waals surface area contributed by atoms with Gasteiger partial charge in [-0.3, -0.25) is 0 Å². The Bertz CT molecular complexity index is 138. The van der Waals surface area contributed by atoms with Crippen molar-refractivity contribution in [3.8, 4) is 0 Å². The minimum absolute atomic E-state index is 0.582. The summed E-state index contributed by atoms with van der Waals surface area (Å²) in [6.07, 6.45) is 9.16. The Morgan fingerprint density at radius 1 is 1.44 bits per heavy atom. The van der Waals surface area contributed by atoms with Crippen LogP contribution in [0.25, 0.3) is 0 Å². The summed E-state index contributed by atoms with van der Waals surface area (Å²) in [5, 5.41) is 0. The first-order chi connectivity index (χ1) is 4.45. The maximum atomic E-state index is 5.58. The van der Waals surface area contributed by atoms with E-state index in [0.717, 1.165) is 0 Å². The van der Waals surface area contributed by atoms with Crippen LogP contribution in [0, 0.1) is 0 Å². The second-order valence-electron chi connectivity index (χ2n) is 2.88. The van der Waals surface area contributed by atoms with Crippen LogP contribution in [0.4, 0.5) is 0 Å². The summed E-state index contributed by atoms with van der Waals surface area (Å²) < 4.78 is 5.58.